The van der Waals surface area contributed by atoms with Gasteiger partial charge in [-0.1, -0.05) is 12.2 Å². The highest BCUT2D eigenvalue weighted by molar-refractivity contribution is 6.03. The van der Waals surface area contributed by atoms with Gasteiger partial charge in [-0.15, -0.1) is 0 Å². The summed E-state index contributed by atoms with van der Waals surface area (Å²) in [6, 6.07) is 6.25. The molecule has 2 amide bonds. The first-order valence-electron chi connectivity index (χ1n) is 10.00. The van der Waals surface area contributed by atoms with E-state index < -0.39 is 23.5 Å². The average Bonchev–Trinajstić information content (AvgIpc) is 3.43. The number of aryl methyl sites for hydroxylation is 2. The van der Waals surface area contributed by atoms with Crippen molar-refractivity contribution in [1.82, 2.24) is 15.1 Å². The molecule has 0 unspecified atom stereocenters. The first-order chi connectivity index (χ1) is 14.3. The van der Waals surface area contributed by atoms with Gasteiger partial charge in [-0.25, -0.2) is 4.39 Å². The van der Waals surface area contributed by atoms with Gasteiger partial charge in [0.05, 0.1) is 36.7 Å². The maximum absolute atomic E-state index is 13.6. The number of hydrogen-bond donors (Lipinski definition) is 1. The number of aromatic amines is 1. The molecule has 3 aliphatic rings. The van der Waals surface area contributed by atoms with Crippen molar-refractivity contribution < 1.29 is 18.7 Å². The van der Waals surface area contributed by atoms with E-state index in [0.29, 0.717) is 24.3 Å². The van der Waals surface area contributed by atoms with E-state index in [1.807, 2.05) is 25.1 Å². The highest BCUT2D eigenvalue weighted by Gasteiger charge is 2.67. The zero-order chi connectivity index (χ0) is 21.2. The van der Waals surface area contributed by atoms with Crippen molar-refractivity contribution in [3.05, 3.63) is 59.2 Å². The summed E-state index contributed by atoms with van der Waals surface area (Å²) in [5.41, 5.74) is 2.20. The Hall–Kier alpha value is -3.00. The van der Waals surface area contributed by atoms with E-state index in [1.165, 1.54) is 12.1 Å². The Bertz CT molecular complexity index is 1080. The van der Waals surface area contributed by atoms with E-state index in [9.17, 15) is 14.0 Å². The number of carbonyl (C=O) groups is 2. The lowest BCUT2D eigenvalue weighted by Gasteiger charge is -2.27. The molecule has 30 heavy (non-hydrogen) atoms. The maximum Gasteiger partial charge on any atom is 0.234 e. The number of rotatable bonds is 4. The van der Waals surface area contributed by atoms with Gasteiger partial charge in [0, 0.05) is 18.4 Å². The SMILES string of the molecule is Cc1cc(CN(C)C(=O)[C@H]2[C@@H]3C=C[C@@]4(CN(c5ccc(F)cc5C)C(=O)[C@H]24)O3)n[nH]1. The largest absolute Gasteiger partial charge is 0.360 e. The molecule has 2 aromatic rings. The molecule has 0 saturated carbocycles. The molecule has 1 aromatic heterocycles. The number of hydrogen-bond acceptors (Lipinski definition) is 4. The molecule has 4 heterocycles. The second-order valence-electron chi connectivity index (χ2n) is 8.49. The number of halogens is 1. The molecule has 2 saturated heterocycles. The standard InChI is InChI=1S/C22H23FN4O3/c1-12-8-14(23)4-5-16(12)27-11-22-7-6-17(30-22)18(19(22)21(27)29)20(28)26(3)10-15-9-13(2)24-25-15/h4-9,17-19H,10-11H2,1-3H3,(H,24,25)/t17-,18-,19-,22-/m0/s1. The molecule has 0 radical (unpaired) electrons. The first-order valence-corrected chi connectivity index (χ1v) is 10.00. The van der Waals surface area contributed by atoms with Crippen LogP contribution in [0.4, 0.5) is 10.1 Å². The van der Waals surface area contributed by atoms with Crippen LogP contribution in [0.5, 0.6) is 0 Å². The van der Waals surface area contributed by atoms with Crippen LogP contribution in [0.3, 0.4) is 0 Å². The Morgan fingerprint density at radius 1 is 1.40 bits per heavy atom. The topological polar surface area (TPSA) is 78.5 Å². The number of H-pyrrole nitrogens is 1. The van der Waals surface area contributed by atoms with Gasteiger partial charge in [0.25, 0.3) is 0 Å². The fourth-order valence-corrected chi connectivity index (χ4v) is 5.04. The smallest absolute Gasteiger partial charge is 0.234 e. The van der Waals surface area contributed by atoms with Crippen molar-refractivity contribution in [2.24, 2.45) is 11.8 Å². The highest BCUT2D eigenvalue weighted by Crippen LogP contribution is 2.53. The normalized spacial score (nSPS) is 29.0. The van der Waals surface area contributed by atoms with Crippen molar-refractivity contribution in [1.29, 1.82) is 0 Å². The van der Waals surface area contributed by atoms with Crippen molar-refractivity contribution in [2.75, 3.05) is 18.5 Å². The molecular formula is C22H23FN4O3. The van der Waals surface area contributed by atoms with Crippen LogP contribution in [0.2, 0.25) is 0 Å². The van der Waals surface area contributed by atoms with Gasteiger partial charge in [0.15, 0.2) is 0 Å². The third kappa shape index (κ3) is 2.70. The summed E-state index contributed by atoms with van der Waals surface area (Å²) in [7, 11) is 1.72. The van der Waals surface area contributed by atoms with Gasteiger partial charge in [-0.2, -0.15) is 5.10 Å². The first kappa shape index (κ1) is 19.0. The monoisotopic (exact) mass is 410 g/mol. The molecule has 1 spiro atoms. The molecule has 3 aliphatic heterocycles. The van der Waals surface area contributed by atoms with E-state index >= 15 is 0 Å². The van der Waals surface area contributed by atoms with Gasteiger partial charge in [-0.05, 0) is 43.7 Å². The van der Waals surface area contributed by atoms with Crippen LogP contribution in [0.25, 0.3) is 0 Å². The minimum absolute atomic E-state index is 0.136. The fraction of sp³-hybridized carbons (Fsp3) is 0.409. The summed E-state index contributed by atoms with van der Waals surface area (Å²) in [5, 5.41) is 7.07. The van der Waals surface area contributed by atoms with E-state index in [2.05, 4.69) is 10.2 Å². The second-order valence-corrected chi connectivity index (χ2v) is 8.49. The van der Waals surface area contributed by atoms with Crippen LogP contribution in [0, 0.1) is 31.5 Å². The van der Waals surface area contributed by atoms with Crippen LogP contribution in [-0.4, -0.2) is 52.2 Å². The van der Waals surface area contributed by atoms with Crippen molar-refractivity contribution in [3.63, 3.8) is 0 Å². The minimum atomic E-state index is -0.813. The quantitative estimate of drug-likeness (QED) is 0.784. The Kier molecular flexibility index (Phi) is 4.12. The lowest BCUT2D eigenvalue weighted by atomic mass is 9.76. The minimum Gasteiger partial charge on any atom is -0.360 e. The summed E-state index contributed by atoms with van der Waals surface area (Å²) < 4.78 is 19.7. The molecule has 1 aromatic carbocycles. The molecule has 2 fully saturated rings. The van der Waals surface area contributed by atoms with E-state index in [1.54, 1.807) is 29.8 Å². The van der Waals surface area contributed by atoms with Crippen LogP contribution >= 0.6 is 0 Å². The van der Waals surface area contributed by atoms with Crippen molar-refractivity contribution in [2.45, 2.75) is 32.1 Å². The van der Waals surface area contributed by atoms with Gasteiger partial charge in [0.2, 0.25) is 11.8 Å². The molecular weight excluding hydrogens is 387 g/mol. The molecule has 1 N–H and O–H groups in total. The number of anilines is 1. The molecule has 4 atom stereocenters. The number of nitrogens with zero attached hydrogens (tertiary/aromatic N) is 3. The molecule has 8 heteroatoms. The van der Waals surface area contributed by atoms with Gasteiger partial charge >= 0.3 is 0 Å². The number of aromatic nitrogens is 2. The Balaban J connectivity index is 1.43. The average molecular weight is 410 g/mol. The Morgan fingerprint density at radius 3 is 2.90 bits per heavy atom. The zero-order valence-electron chi connectivity index (χ0n) is 17.1. The van der Waals surface area contributed by atoms with Crippen LogP contribution in [-0.2, 0) is 20.9 Å². The van der Waals surface area contributed by atoms with Gasteiger partial charge in [-0.3, -0.25) is 14.7 Å². The summed E-state index contributed by atoms with van der Waals surface area (Å²) >= 11 is 0. The lowest BCUT2D eigenvalue weighted by molar-refractivity contribution is -0.139. The second kappa shape index (κ2) is 6.50. The molecule has 7 nitrogen and oxygen atoms in total. The predicted octanol–water partition coefficient (Wildman–Crippen LogP) is 2.11. The van der Waals surface area contributed by atoms with Gasteiger partial charge in [0.1, 0.15) is 11.4 Å². The lowest BCUT2D eigenvalue weighted by Crippen LogP contribution is -2.44. The number of fused-ring (bicyclic) bond motifs is 1. The number of benzene rings is 1. The number of ether oxygens (including phenoxy) is 1. The molecule has 2 bridgehead atoms. The number of amides is 2. The number of carbonyl (C=O) groups excluding carboxylic acids is 2. The zero-order valence-corrected chi connectivity index (χ0v) is 17.1. The maximum atomic E-state index is 13.6. The summed E-state index contributed by atoms with van der Waals surface area (Å²) in [6.07, 6.45) is 3.39. The molecule has 156 valence electrons. The molecule has 5 rings (SSSR count). The number of nitrogens with one attached hydrogen (secondary N) is 1. The highest BCUT2D eigenvalue weighted by atomic mass is 19.1. The fourth-order valence-electron chi connectivity index (χ4n) is 5.04. The molecule has 0 aliphatic carbocycles. The summed E-state index contributed by atoms with van der Waals surface area (Å²) in [6.45, 7) is 4.35. The van der Waals surface area contributed by atoms with E-state index in [0.717, 1.165) is 11.4 Å². The summed E-state index contributed by atoms with van der Waals surface area (Å²) in [5.74, 6) is -1.81. The van der Waals surface area contributed by atoms with E-state index in [4.69, 9.17) is 4.74 Å². The van der Waals surface area contributed by atoms with E-state index in [-0.39, 0.29) is 17.6 Å². The summed E-state index contributed by atoms with van der Waals surface area (Å²) in [4.78, 5) is 30.0. The van der Waals surface area contributed by atoms with Crippen molar-refractivity contribution >= 4 is 17.5 Å². The van der Waals surface area contributed by atoms with Crippen molar-refractivity contribution in [3.8, 4) is 0 Å². The van der Waals surface area contributed by atoms with Gasteiger partial charge < -0.3 is 14.5 Å². The predicted molar refractivity (Wildman–Crippen MR) is 107 cm³/mol. The van der Waals surface area contributed by atoms with Crippen LogP contribution < -0.4 is 4.90 Å². The third-order valence-corrected chi connectivity index (χ3v) is 6.37. The van der Waals surface area contributed by atoms with Crippen LogP contribution in [0.15, 0.2) is 36.4 Å². The third-order valence-electron chi connectivity index (χ3n) is 6.37. The Morgan fingerprint density at radius 2 is 2.20 bits per heavy atom. The van der Waals surface area contributed by atoms with Crippen LogP contribution in [0.1, 0.15) is 17.0 Å². The Labute approximate surface area is 173 Å².